The Bertz CT molecular complexity index is 936. The third-order valence-corrected chi connectivity index (χ3v) is 5.43. The van der Waals surface area contributed by atoms with E-state index < -0.39 is 0 Å². The summed E-state index contributed by atoms with van der Waals surface area (Å²) in [5.74, 6) is 1.17. The summed E-state index contributed by atoms with van der Waals surface area (Å²) in [6.07, 6.45) is 1.02. The molecule has 144 valence electrons. The topological polar surface area (TPSA) is 15.7 Å². The maximum Gasteiger partial charge on any atom is 0.119 e. The fraction of sp³-hybridized carbons (Fsp3) is 0.280. The maximum atomic E-state index is 6.08. The van der Waals surface area contributed by atoms with Gasteiger partial charge in [0.2, 0.25) is 0 Å². The van der Waals surface area contributed by atoms with E-state index >= 15 is 0 Å². The van der Waals surface area contributed by atoms with Crippen LogP contribution in [0.1, 0.15) is 29.0 Å². The molecule has 0 saturated carbocycles. The van der Waals surface area contributed by atoms with Gasteiger partial charge in [-0.3, -0.25) is 0 Å². The molecule has 3 aromatic carbocycles. The van der Waals surface area contributed by atoms with Gasteiger partial charge >= 0.3 is 0 Å². The van der Waals surface area contributed by atoms with Crippen molar-refractivity contribution >= 4 is 11.4 Å². The average Bonchev–Trinajstić information content (AvgIpc) is 2.72. The number of anilines is 2. The van der Waals surface area contributed by atoms with Gasteiger partial charge in [-0.2, -0.15) is 0 Å². The minimum Gasteiger partial charge on any atom is -0.494 e. The Morgan fingerprint density at radius 3 is 2.36 bits per heavy atom. The van der Waals surface area contributed by atoms with Crippen LogP contribution in [0.2, 0.25) is 0 Å². The van der Waals surface area contributed by atoms with Crippen molar-refractivity contribution in [2.24, 2.45) is 0 Å². The van der Waals surface area contributed by atoms with Gasteiger partial charge in [0.05, 0.1) is 6.61 Å². The molecule has 3 aromatic rings. The van der Waals surface area contributed by atoms with Gasteiger partial charge in [0.25, 0.3) is 0 Å². The van der Waals surface area contributed by atoms with Gasteiger partial charge in [0, 0.05) is 30.9 Å². The van der Waals surface area contributed by atoms with Crippen LogP contribution in [-0.2, 0) is 0 Å². The largest absolute Gasteiger partial charge is 0.494 e. The Labute approximate surface area is 168 Å². The summed E-state index contributed by atoms with van der Waals surface area (Å²) in [7, 11) is 6.34. The van der Waals surface area contributed by atoms with Crippen molar-refractivity contribution in [3.05, 3.63) is 89.5 Å². The zero-order valence-corrected chi connectivity index (χ0v) is 16.9. The molecule has 0 aromatic heterocycles. The molecule has 28 heavy (non-hydrogen) atoms. The molecule has 0 radical (unpaired) electrons. The van der Waals surface area contributed by atoms with Crippen LogP contribution in [0.3, 0.4) is 0 Å². The van der Waals surface area contributed by atoms with Crippen molar-refractivity contribution in [3.63, 3.8) is 0 Å². The molecule has 0 amide bonds. The fourth-order valence-corrected chi connectivity index (χ4v) is 4.07. The molecule has 1 aliphatic rings. The Morgan fingerprint density at radius 1 is 0.857 bits per heavy atom. The molecule has 1 atom stereocenters. The zero-order valence-electron chi connectivity index (χ0n) is 16.9. The van der Waals surface area contributed by atoms with Crippen molar-refractivity contribution in [3.8, 4) is 5.75 Å². The van der Waals surface area contributed by atoms with E-state index in [4.69, 9.17) is 4.74 Å². The first-order valence-electron chi connectivity index (χ1n) is 9.94. The summed E-state index contributed by atoms with van der Waals surface area (Å²) in [6, 6.07) is 26.0. The quantitative estimate of drug-likeness (QED) is 0.548. The van der Waals surface area contributed by atoms with Crippen LogP contribution in [0.15, 0.2) is 72.8 Å². The van der Waals surface area contributed by atoms with Crippen molar-refractivity contribution in [2.75, 3.05) is 39.2 Å². The van der Waals surface area contributed by atoms with Crippen molar-refractivity contribution in [1.82, 2.24) is 4.90 Å². The lowest BCUT2D eigenvalue weighted by Crippen LogP contribution is -2.22. The molecule has 3 nitrogen and oxygen atoms in total. The minimum atomic E-state index is 0.217. The van der Waals surface area contributed by atoms with Crippen LogP contribution in [0.4, 0.5) is 11.4 Å². The number of hydrogen-bond donors (Lipinski definition) is 0. The Morgan fingerprint density at radius 2 is 1.57 bits per heavy atom. The SMILES string of the molecule is CN(C)CCCOc1ccc2c(c1)C(c1ccccc1)c1ccccc1N2C. The van der Waals surface area contributed by atoms with Gasteiger partial charge in [-0.15, -0.1) is 0 Å². The van der Waals surface area contributed by atoms with Crippen molar-refractivity contribution in [1.29, 1.82) is 0 Å². The Balaban J connectivity index is 1.71. The molecular weight excluding hydrogens is 344 g/mol. The predicted octanol–water partition coefficient (Wildman–Crippen LogP) is 5.28. The average molecular weight is 373 g/mol. The standard InChI is InChI=1S/C25H28N2O/c1-26(2)16-9-17-28-20-14-15-24-22(18-20)25(19-10-5-4-6-11-19)21-12-7-8-13-23(21)27(24)3/h4-8,10-15,18,25H,9,16-17H2,1-3H3. The number of para-hydroxylation sites is 1. The van der Waals surface area contributed by atoms with E-state index in [2.05, 4.69) is 104 Å². The second-order valence-electron chi connectivity index (χ2n) is 7.69. The molecule has 1 aliphatic heterocycles. The van der Waals surface area contributed by atoms with Gasteiger partial charge in [-0.1, -0.05) is 48.5 Å². The molecule has 3 heteroatoms. The summed E-state index contributed by atoms with van der Waals surface area (Å²) in [5.41, 5.74) is 6.47. The summed E-state index contributed by atoms with van der Waals surface area (Å²) in [4.78, 5) is 4.48. The van der Waals surface area contributed by atoms with Crippen LogP contribution in [0.5, 0.6) is 5.75 Å². The molecule has 0 aliphatic carbocycles. The molecule has 0 N–H and O–H groups in total. The smallest absolute Gasteiger partial charge is 0.119 e. The summed E-state index contributed by atoms with van der Waals surface area (Å²) in [5, 5.41) is 0. The molecule has 0 spiro atoms. The zero-order chi connectivity index (χ0) is 19.5. The van der Waals surface area contributed by atoms with Crippen molar-refractivity contribution < 1.29 is 4.74 Å². The van der Waals surface area contributed by atoms with E-state index in [9.17, 15) is 0 Å². The third kappa shape index (κ3) is 3.63. The summed E-state index contributed by atoms with van der Waals surface area (Å²) < 4.78 is 6.08. The van der Waals surface area contributed by atoms with Crippen LogP contribution < -0.4 is 9.64 Å². The highest BCUT2D eigenvalue weighted by atomic mass is 16.5. The first-order chi connectivity index (χ1) is 13.6. The van der Waals surface area contributed by atoms with E-state index in [0.29, 0.717) is 0 Å². The van der Waals surface area contributed by atoms with E-state index in [1.165, 1.54) is 28.1 Å². The molecule has 0 fully saturated rings. The Hall–Kier alpha value is -2.78. The van der Waals surface area contributed by atoms with Crippen LogP contribution in [-0.4, -0.2) is 39.2 Å². The predicted molar refractivity (Wildman–Crippen MR) is 117 cm³/mol. The molecule has 4 rings (SSSR count). The molecule has 0 saturated heterocycles. The Kier molecular flexibility index (Phi) is 5.36. The lowest BCUT2D eigenvalue weighted by Gasteiger charge is -2.36. The third-order valence-electron chi connectivity index (χ3n) is 5.43. The van der Waals surface area contributed by atoms with Gasteiger partial charge in [0.15, 0.2) is 0 Å². The van der Waals surface area contributed by atoms with Crippen molar-refractivity contribution in [2.45, 2.75) is 12.3 Å². The number of hydrogen-bond acceptors (Lipinski definition) is 3. The van der Waals surface area contributed by atoms with Crippen LogP contribution >= 0.6 is 0 Å². The maximum absolute atomic E-state index is 6.08. The monoisotopic (exact) mass is 372 g/mol. The number of fused-ring (bicyclic) bond motifs is 2. The normalized spacial score (nSPS) is 15.3. The molecule has 1 heterocycles. The van der Waals surface area contributed by atoms with Gasteiger partial charge in [0.1, 0.15) is 5.75 Å². The summed E-state index contributed by atoms with van der Waals surface area (Å²) in [6.45, 7) is 1.77. The number of nitrogens with zero attached hydrogens (tertiary/aromatic N) is 2. The fourth-order valence-electron chi connectivity index (χ4n) is 4.07. The second-order valence-corrected chi connectivity index (χ2v) is 7.69. The van der Waals surface area contributed by atoms with E-state index in [0.717, 1.165) is 25.3 Å². The lowest BCUT2D eigenvalue weighted by molar-refractivity contribution is 0.281. The minimum absolute atomic E-state index is 0.217. The molecule has 1 unspecified atom stereocenters. The first kappa shape index (κ1) is 18.6. The van der Waals surface area contributed by atoms with Crippen LogP contribution in [0, 0.1) is 0 Å². The van der Waals surface area contributed by atoms with Gasteiger partial charge < -0.3 is 14.5 Å². The number of ether oxygens (including phenoxy) is 1. The van der Waals surface area contributed by atoms with Gasteiger partial charge in [-0.05, 0) is 61.5 Å². The first-order valence-corrected chi connectivity index (χ1v) is 9.94. The highest BCUT2D eigenvalue weighted by Crippen LogP contribution is 2.48. The lowest BCUT2D eigenvalue weighted by atomic mass is 9.80. The second kappa shape index (κ2) is 8.07. The molecular formula is C25H28N2O. The van der Waals surface area contributed by atoms with Crippen LogP contribution in [0.25, 0.3) is 0 Å². The summed E-state index contributed by atoms with van der Waals surface area (Å²) >= 11 is 0. The van der Waals surface area contributed by atoms with E-state index in [-0.39, 0.29) is 5.92 Å². The van der Waals surface area contributed by atoms with Gasteiger partial charge in [-0.25, -0.2) is 0 Å². The van der Waals surface area contributed by atoms with E-state index in [1.54, 1.807) is 0 Å². The molecule has 0 bridgehead atoms. The highest BCUT2D eigenvalue weighted by molar-refractivity contribution is 5.78. The number of rotatable bonds is 6. The highest BCUT2D eigenvalue weighted by Gasteiger charge is 2.30. The number of benzene rings is 3. The van der Waals surface area contributed by atoms with E-state index in [1.807, 2.05) is 0 Å².